The summed E-state index contributed by atoms with van der Waals surface area (Å²) in [5.74, 6) is -0.150. The maximum atomic E-state index is 12.1. The van der Waals surface area contributed by atoms with Gasteiger partial charge < -0.3 is 10.8 Å². The van der Waals surface area contributed by atoms with Crippen LogP contribution >= 0.6 is 15.9 Å². The van der Waals surface area contributed by atoms with Gasteiger partial charge in [-0.3, -0.25) is 4.72 Å². The van der Waals surface area contributed by atoms with Crippen molar-refractivity contribution in [2.45, 2.75) is 4.90 Å². The second-order valence-corrected chi connectivity index (χ2v) is 6.43. The molecule has 5 nitrogen and oxygen atoms in total. The molecule has 2 aromatic rings. The highest BCUT2D eigenvalue weighted by Gasteiger charge is 2.15. The first kappa shape index (κ1) is 13.7. The number of hydrogen-bond donors (Lipinski definition) is 3. The summed E-state index contributed by atoms with van der Waals surface area (Å²) in [7, 11) is -3.72. The predicted octanol–water partition coefficient (Wildman–Crippen LogP) is 2.54. The molecule has 0 heterocycles. The lowest BCUT2D eigenvalue weighted by Crippen LogP contribution is -2.13. The van der Waals surface area contributed by atoms with Crippen LogP contribution in [0.1, 0.15) is 0 Å². The van der Waals surface area contributed by atoms with E-state index in [0.717, 1.165) is 4.47 Å². The molecule has 0 aromatic heterocycles. The van der Waals surface area contributed by atoms with Crippen molar-refractivity contribution < 1.29 is 13.5 Å². The zero-order valence-electron chi connectivity index (χ0n) is 9.67. The minimum absolute atomic E-state index is 0.00859. The maximum absolute atomic E-state index is 12.1. The Hall–Kier alpha value is -1.73. The summed E-state index contributed by atoms with van der Waals surface area (Å²) in [4.78, 5) is -0.00859. The lowest BCUT2D eigenvalue weighted by Gasteiger charge is -2.09. The molecule has 0 saturated carbocycles. The molecule has 19 heavy (non-hydrogen) atoms. The number of nitrogen functional groups attached to an aromatic ring is 1. The van der Waals surface area contributed by atoms with Crippen LogP contribution in [0.5, 0.6) is 5.75 Å². The van der Waals surface area contributed by atoms with Crippen LogP contribution in [-0.2, 0) is 10.0 Å². The van der Waals surface area contributed by atoms with E-state index in [4.69, 9.17) is 5.73 Å². The average Bonchev–Trinajstić information content (AvgIpc) is 2.35. The molecule has 0 aliphatic rings. The van der Waals surface area contributed by atoms with Gasteiger partial charge in [0.05, 0.1) is 10.6 Å². The highest BCUT2D eigenvalue weighted by Crippen LogP contribution is 2.25. The third-order valence-corrected chi connectivity index (χ3v) is 4.31. The number of aromatic hydroxyl groups is 1. The number of rotatable bonds is 3. The van der Waals surface area contributed by atoms with Gasteiger partial charge in [0.1, 0.15) is 5.75 Å². The molecule has 0 bridgehead atoms. The first-order valence-electron chi connectivity index (χ1n) is 5.25. The normalized spacial score (nSPS) is 11.2. The van der Waals surface area contributed by atoms with Crippen molar-refractivity contribution in [1.82, 2.24) is 0 Å². The molecular formula is C12H11BrN2O3S. The van der Waals surface area contributed by atoms with Crippen molar-refractivity contribution in [1.29, 1.82) is 0 Å². The Bertz CT molecular complexity index is 699. The number of nitrogens with one attached hydrogen (secondary N) is 1. The van der Waals surface area contributed by atoms with Crippen LogP contribution < -0.4 is 10.5 Å². The molecule has 0 aliphatic carbocycles. The summed E-state index contributed by atoms with van der Waals surface area (Å²) in [5.41, 5.74) is 5.93. The van der Waals surface area contributed by atoms with E-state index in [1.807, 2.05) is 0 Å². The van der Waals surface area contributed by atoms with Gasteiger partial charge in [-0.2, -0.15) is 0 Å². The number of anilines is 2. The van der Waals surface area contributed by atoms with Crippen LogP contribution in [0.3, 0.4) is 0 Å². The van der Waals surface area contributed by atoms with Gasteiger partial charge >= 0.3 is 0 Å². The zero-order valence-corrected chi connectivity index (χ0v) is 12.1. The highest BCUT2D eigenvalue weighted by atomic mass is 79.9. The molecule has 0 unspecified atom stereocenters. The molecule has 7 heteroatoms. The summed E-state index contributed by atoms with van der Waals surface area (Å²) < 4.78 is 27.5. The number of phenolic OH excluding ortho intramolecular Hbond substituents is 1. The largest absolute Gasteiger partial charge is 0.506 e. The summed E-state index contributed by atoms with van der Waals surface area (Å²) in [6, 6.07) is 10.4. The van der Waals surface area contributed by atoms with Crippen molar-refractivity contribution in [3.8, 4) is 5.75 Å². The van der Waals surface area contributed by atoms with Crippen molar-refractivity contribution in [3.63, 3.8) is 0 Å². The lowest BCUT2D eigenvalue weighted by atomic mass is 10.3. The van der Waals surface area contributed by atoms with Crippen LogP contribution in [0.4, 0.5) is 11.4 Å². The summed E-state index contributed by atoms with van der Waals surface area (Å²) in [6.45, 7) is 0. The van der Waals surface area contributed by atoms with Crippen molar-refractivity contribution in [2.24, 2.45) is 0 Å². The monoisotopic (exact) mass is 342 g/mol. The molecule has 0 fully saturated rings. The maximum Gasteiger partial charge on any atom is 0.261 e. The fourth-order valence-electron chi connectivity index (χ4n) is 1.43. The van der Waals surface area contributed by atoms with Gasteiger partial charge in [-0.15, -0.1) is 0 Å². The van der Waals surface area contributed by atoms with Gasteiger partial charge in [0.25, 0.3) is 10.0 Å². The van der Waals surface area contributed by atoms with Gasteiger partial charge in [-0.05, 0) is 42.5 Å². The molecular weight excluding hydrogens is 332 g/mol. The standard InChI is InChI=1S/C12H11BrN2O3S/c13-8-1-3-9(4-2-8)15-19(17,18)10-5-6-12(16)11(14)7-10/h1-7,15-16H,14H2. The molecule has 2 aromatic carbocycles. The number of hydrogen-bond acceptors (Lipinski definition) is 4. The minimum Gasteiger partial charge on any atom is -0.506 e. The van der Waals surface area contributed by atoms with Crippen LogP contribution in [0, 0.1) is 0 Å². The van der Waals surface area contributed by atoms with E-state index in [9.17, 15) is 13.5 Å². The van der Waals surface area contributed by atoms with E-state index in [2.05, 4.69) is 20.7 Å². The van der Waals surface area contributed by atoms with Gasteiger partial charge in [0.15, 0.2) is 0 Å². The van der Waals surface area contributed by atoms with Crippen LogP contribution in [0.15, 0.2) is 51.8 Å². The summed E-state index contributed by atoms with van der Waals surface area (Å²) in [6.07, 6.45) is 0. The first-order chi connectivity index (χ1) is 8.88. The van der Waals surface area contributed by atoms with E-state index >= 15 is 0 Å². The van der Waals surface area contributed by atoms with Gasteiger partial charge in [-0.25, -0.2) is 8.42 Å². The van der Waals surface area contributed by atoms with Crippen LogP contribution in [0.25, 0.3) is 0 Å². The molecule has 2 rings (SSSR count). The third kappa shape index (κ3) is 3.18. The molecule has 0 atom stereocenters. The Morgan fingerprint density at radius 1 is 1.11 bits per heavy atom. The van der Waals surface area contributed by atoms with E-state index in [0.29, 0.717) is 5.69 Å². The van der Waals surface area contributed by atoms with Gasteiger partial charge in [-0.1, -0.05) is 15.9 Å². The predicted molar refractivity (Wildman–Crippen MR) is 77.5 cm³/mol. The van der Waals surface area contributed by atoms with Crippen molar-refractivity contribution >= 4 is 37.3 Å². The Morgan fingerprint density at radius 2 is 1.74 bits per heavy atom. The number of nitrogens with two attached hydrogens (primary N) is 1. The van der Waals surface area contributed by atoms with Crippen LogP contribution in [-0.4, -0.2) is 13.5 Å². The fraction of sp³-hybridized carbons (Fsp3) is 0. The SMILES string of the molecule is Nc1cc(S(=O)(=O)Nc2ccc(Br)cc2)ccc1O. The number of benzene rings is 2. The van der Waals surface area contributed by atoms with Crippen molar-refractivity contribution in [3.05, 3.63) is 46.9 Å². The lowest BCUT2D eigenvalue weighted by molar-refractivity contribution is 0.477. The van der Waals surface area contributed by atoms with Crippen molar-refractivity contribution in [2.75, 3.05) is 10.5 Å². The minimum atomic E-state index is -3.72. The molecule has 100 valence electrons. The zero-order chi connectivity index (χ0) is 14.0. The fourth-order valence-corrected chi connectivity index (χ4v) is 2.79. The Labute approximate surface area is 119 Å². The third-order valence-electron chi connectivity index (χ3n) is 2.41. The van der Waals surface area contributed by atoms with E-state index in [1.54, 1.807) is 24.3 Å². The number of sulfonamides is 1. The van der Waals surface area contributed by atoms with Gasteiger partial charge in [0, 0.05) is 10.2 Å². The molecule has 0 aliphatic heterocycles. The van der Waals surface area contributed by atoms with Crippen LogP contribution in [0.2, 0.25) is 0 Å². The Balaban J connectivity index is 2.32. The molecule has 0 spiro atoms. The number of phenols is 1. The molecule has 0 saturated heterocycles. The smallest absolute Gasteiger partial charge is 0.261 e. The topological polar surface area (TPSA) is 92.4 Å². The quantitative estimate of drug-likeness (QED) is 0.590. The van der Waals surface area contributed by atoms with Gasteiger partial charge in [0.2, 0.25) is 0 Å². The van der Waals surface area contributed by atoms with E-state index in [-0.39, 0.29) is 16.3 Å². The molecule has 4 N–H and O–H groups in total. The number of halogens is 1. The highest BCUT2D eigenvalue weighted by molar-refractivity contribution is 9.10. The second kappa shape index (κ2) is 5.10. The Kier molecular flexibility index (Phi) is 3.68. The van der Waals surface area contributed by atoms with E-state index in [1.165, 1.54) is 18.2 Å². The Morgan fingerprint density at radius 3 is 2.32 bits per heavy atom. The summed E-state index contributed by atoms with van der Waals surface area (Å²) in [5, 5.41) is 9.28. The average molecular weight is 343 g/mol. The molecule has 0 radical (unpaired) electrons. The second-order valence-electron chi connectivity index (χ2n) is 3.83. The first-order valence-corrected chi connectivity index (χ1v) is 7.53. The summed E-state index contributed by atoms with van der Waals surface area (Å²) >= 11 is 3.27. The molecule has 0 amide bonds. The van der Waals surface area contributed by atoms with E-state index < -0.39 is 10.0 Å².